The first-order chi connectivity index (χ1) is 19.1. The average molecular weight is 537 g/mol. The van der Waals surface area contributed by atoms with Crippen LogP contribution < -0.4 is 20.8 Å². The van der Waals surface area contributed by atoms with Crippen LogP contribution in [0.15, 0.2) is 110 Å². The standard InChI is InChI=1S/C31H24N2O5S/c34-23-16-20(17-26-29(23)24(35)18-25(38-26)19-8-2-1-3-9-19)37-15-7-14-32-31(36)21-10-6-13-28-30(21)33-22-11-4-5-12-27(22)39-28/h1-6,8-13,16-18,33-34H,7,14-15H2,(H,32,36). The number of anilines is 2. The molecule has 1 aliphatic rings. The van der Waals surface area contributed by atoms with Crippen LogP contribution in [-0.2, 0) is 0 Å². The summed E-state index contributed by atoms with van der Waals surface area (Å²) < 4.78 is 11.7. The van der Waals surface area contributed by atoms with Crippen molar-refractivity contribution in [1.29, 1.82) is 0 Å². The number of hydrogen-bond acceptors (Lipinski definition) is 7. The third-order valence-corrected chi connectivity index (χ3v) is 7.49. The highest BCUT2D eigenvalue weighted by Crippen LogP contribution is 2.45. The van der Waals surface area contributed by atoms with Gasteiger partial charge in [-0.25, -0.2) is 0 Å². The zero-order valence-electron chi connectivity index (χ0n) is 20.8. The Hall–Kier alpha value is -4.69. The van der Waals surface area contributed by atoms with Gasteiger partial charge in [0.2, 0.25) is 0 Å². The van der Waals surface area contributed by atoms with E-state index >= 15 is 0 Å². The average Bonchev–Trinajstić information content (AvgIpc) is 2.95. The van der Waals surface area contributed by atoms with Crippen molar-refractivity contribution in [3.05, 3.63) is 107 Å². The molecule has 1 aromatic heterocycles. The topological polar surface area (TPSA) is 101 Å². The number of phenolic OH excluding ortho intramolecular Hbond substituents is 1. The molecule has 2 heterocycles. The van der Waals surface area contributed by atoms with E-state index in [-0.39, 0.29) is 28.1 Å². The Morgan fingerprint density at radius 2 is 1.74 bits per heavy atom. The molecule has 0 aliphatic carbocycles. The van der Waals surface area contributed by atoms with Crippen LogP contribution in [0.1, 0.15) is 16.8 Å². The quantitative estimate of drug-likeness (QED) is 0.198. The summed E-state index contributed by atoms with van der Waals surface area (Å²) in [5.74, 6) is 0.409. The Morgan fingerprint density at radius 1 is 0.949 bits per heavy atom. The van der Waals surface area contributed by atoms with Crippen molar-refractivity contribution in [3.63, 3.8) is 0 Å². The molecular formula is C31H24N2O5S. The van der Waals surface area contributed by atoms with Gasteiger partial charge in [-0.05, 0) is 30.7 Å². The summed E-state index contributed by atoms with van der Waals surface area (Å²) in [6, 6.07) is 27.3. The maximum atomic E-state index is 13.0. The minimum absolute atomic E-state index is 0.106. The number of rotatable bonds is 7. The van der Waals surface area contributed by atoms with Crippen LogP contribution in [0.2, 0.25) is 0 Å². The van der Waals surface area contributed by atoms with Crippen LogP contribution in [-0.4, -0.2) is 24.2 Å². The van der Waals surface area contributed by atoms with Crippen molar-refractivity contribution in [3.8, 4) is 22.8 Å². The van der Waals surface area contributed by atoms with E-state index in [1.807, 2.05) is 72.8 Å². The first-order valence-corrected chi connectivity index (χ1v) is 13.3. The van der Waals surface area contributed by atoms with Crippen molar-refractivity contribution < 1.29 is 19.1 Å². The largest absolute Gasteiger partial charge is 0.507 e. The zero-order valence-corrected chi connectivity index (χ0v) is 21.6. The number of carbonyl (C=O) groups excluding carboxylic acids is 1. The van der Waals surface area contributed by atoms with Gasteiger partial charge in [0.25, 0.3) is 5.91 Å². The third-order valence-electron chi connectivity index (χ3n) is 6.35. The molecular weight excluding hydrogens is 512 g/mol. The van der Waals surface area contributed by atoms with E-state index in [0.29, 0.717) is 36.6 Å². The minimum atomic E-state index is -0.332. The van der Waals surface area contributed by atoms with Crippen molar-refractivity contribution in [2.24, 2.45) is 0 Å². The van der Waals surface area contributed by atoms with E-state index in [9.17, 15) is 14.7 Å². The second-order valence-corrected chi connectivity index (χ2v) is 10.1. The summed E-state index contributed by atoms with van der Waals surface area (Å²) in [4.78, 5) is 27.7. The number of nitrogens with one attached hydrogen (secondary N) is 2. The van der Waals surface area contributed by atoms with E-state index < -0.39 is 0 Å². The first kappa shape index (κ1) is 24.6. The van der Waals surface area contributed by atoms with Gasteiger partial charge < -0.3 is 24.9 Å². The molecule has 4 aromatic carbocycles. The molecule has 1 aliphatic heterocycles. The Morgan fingerprint density at radius 3 is 2.62 bits per heavy atom. The number of amides is 1. The second-order valence-electron chi connectivity index (χ2n) is 9.02. The Kier molecular flexibility index (Phi) is 6.69. The smallest absolute Gasteiger partial charge is 0.253 e. The number of aromatic hydroxyl groups is 1. The van der Waals surface area contributed by atoms with E-state index in [0.717, 1.165) is 26.7 Å². The van der Waals surface area contributed by atoms with Gasteiger partial charge in [0.15, 0.2) is 5.43 Å². The molecule has 0 saturated carbocycles. The van der Waals surface area contributed by atoms with Gasteiger partial charge in [0.1, 0.15) is 28.2 Å². The number of benzene rings is 4. The summed E-state index contributed by atoms with van der Waals surface area (Å²) in [5.41, 5.74) is 3.04. The highest BCUT2D eigenvalue weighted by atomic mass is 32.2. The second kappa shape index (κ2) is 10.6. The lowest BCUT2D eigenvalue weighted by atomic mass is 10.1. The minimum Gasteiger partial charge on any atom is -0.507 e. The molecule has 0 unspecified atom stereocenters. The summed E-state index contributed by atoms with van der Waals surface area (Å²) in [5, 5.41) is 16.9. The molecule has 3 N–H and O–H groups in total. The fraction of sp³-hybridized carbons (Fsp3) is 0.0968. The monoisotopic (exact) mass is 536 g/mol. The zero-order chi connectivity index (χ0) is 26.8. The van der Waals surface area contributed by atoms with Crippen LogP contribution in [0.5, 0.6) is 11.5 Å². The molecule has 5 aromatic rings. The molecule has 8 heteroatoms. The molecule has 0 saturated heterocycles. The maximum Gasteiger partial charge on any atom is 0.253 e. The van der Waals surface area contributed by atoms with Gasteiger partial charge in [0.05, 0.1) is 23.5 Å². The predicted molar refractivity (Wildman–Crippen MR) is 152 cm³/mol. The number of fused-ring (bicyclic) bond motifs is 3. The van der Waals surface area contributed by atoms with E-state index in [2.05, 4.69) is 10.6 Å². The Labute approximate surface area is 228 Å². The number of carbonyl (C=O) groups is 1. The number of hydrogen-bond donors (Lipinski definition) is 3. The summed E-state index contributed by atoms with van der Waals surface area (Å²) in [6.07, 6.45) is 0.540. The lowest BCUT2D eigenvalue weighted by molar-refractivity contribution is 0.0952. The Balaban J connectivity index is 1.09. The van der Waals surface area contributed by atoms with Crippen molar-refractivity contribution in [2.45, 2.75) is 16.2 Å². The van der Waals surface area contributed by atoms with Crippen LogP contribution in [0.3, 0.4) is 0 Å². The molecule has 194 valence electrons. The molecule has 0 fully saturated rings. The SMILES string of the molecule is O=C(NCCCOc1cc(O)c2c(=O)cc(-c3ccccc3)oc2c1)c1cccc2c1Nc1ccccc1S2. The van der Waals surface area contributed by atoms with Gasteiger partial charge in [0, 0.05) is 40.1 Å². The van der Waals surface area contributed by atoms with E-state index in [1.165, 1.54) is 12.1 Å². The highest BCUT2D eigenvalue weighted by Gasteiger charge is 2.21. The highest BCUT2D eigenvalue weighted by molar-refractivity contribution is 7.99. The number of ether oxygens (including phenoxy) is 1. The molecule has 0 spiro atoms. The molecule has 39 heavy (non-hydrogen) atoms. The lowest BCUT2D eigenvalue weighted by Crippen LogP contribution is -2.26. The Bertz CT molecular complexity index is 1750. The molecule has 6 rings (SSSR count). The molecule has 0 radical (unpaired) electrons. The normalized spacial score (nSPS) is 11.8. The fourth-order valence-electron chi connectivity index (χ4n) is 4.48. The summed E-state index contributed by atoms with van der Waals surface area (Å²) in [6.45, 7) is 0.696. The molecule has 7 nitrogen and oxygen atoms in total. The van der Waals surface area contributed by atoms with Gasteiger partial charge in [-0.1, -0.05) is 60.3 Å². The van der Waals surface area contributed by atoms with Crippen molar-refractivity contribution in [2.75, 3.05) is 18.5 Å². The fourth-order valence-corrected chi connectivity index (χ4v) is 5.50. The van der Waals surface area contributed by atoms with Crippen molar-refractivity contribution in [1.82, 2.24) is 5.32 Å². The van der Waals surface area contributed by atoms with Crippen LogP contribution in [0.4, 0.5) is 11.4 Å². The molecule has 1 amide bonds. The number of para-hydroxylation sites is 2. The van der Waals surface area contributed by atoms with E-state index in [4.69, 9.17) is 9.15 Å². The predicted octanol–water partition coefficient (Wildman–Crippen LogP) is 6.57. The lowest BCUT2D eigenvalue weighted by Gasteiger charge is -2.22. The van der Waals surface area contributed by atoms with Crippen LogP contribution >= 0.6 is 11.8 Å². The first-order valence-electron chi connectivity index (χ1n) is 12.5. The third kappa shape index (κ3) is 5.06. The maximum absolute atomic E-state index is 13.0. The van der Waals surface area contributed by atoms with Gasteiger partial charge in [-0.3, -0.25) is 9.59 Å². The van der Waals surface area contributed by atoms with Gasteiger partial charge in [-0.15, -0.1) is 0 Å². The van der Waals surface area contributed by atoms with Crippen LogP contribution in [0.25, 0.3) is 22.3 Å². The molecule has 0 atom stereocenters. The van der Waals surface area contributed by atoms with Gasteiger partial charge >= 0.3 is 0 Å². The van der Waals surface area contributed by atoms with E-state index in [1.54, 1.807) is 17.8 Å². The summed E-state index contributed by atoms with van der Waals surface area (Å²) >= 11 is 1.64. The van der Waals surface area contributed by atoms with Crippen molar-refractivity contribution >= 4 is 40.0 Å². The number of phenols is 1. The molecule has 0 bridgehead atoms. The summed E-state index contributed by atoms with van der Waals surface area (Å²) in [7, 11) is 0. The van der Waals surface area contributed by atoms with Gasteiger partial charge in [-0.2, -0.15) is 0 Å². The van der Waals surface area contributed by atoms with Crippen LogP contribution in [0, 0.1) is 0 Å².